The molecule has 1 saturated heterocycles. The van der Waals surface area contributed by atoms with Crippen LogP contribution in [0.1, 0.15) is 34.2 Å². The maximum atomic E-state index is 13.0. The molecular formula is C19H17BrN2O2S. The summed E-state index contributed by atoms with van der Waals surface area (Å²) in [5.41, 5.74) is 1.68. The highest BCUT2D eigenvalue weighted by atomic mass is 79.9. The lowest BCUT2D eigenvalue weighted by Crippen LogP contribution is -2.30. The first kappa shape index (κ1) is 16.5. The van der Waals surface area contributed by atoms with Crippen LogP contribution in [0.25, 0.3) is 10.2 Å². The zero-order valence-electron chi connectivity index (χ0n) is 13.7. The normalized spacial score (nSPS) is 17.2. The van der Waals surface area contributed by atoms with Crippen molar-refractivity contribution in [1.82, 2.24) is 9.88 Å². The SMILES string of the molecule is COc1ccc(C(=O)N2CCCC2c2nc3ccccc3s2)cc1Br. The predicted molar refractivity (Wildman–Crippen MR) is 103 cm³/mol. The topological polar surface area (TPSA) is 42.4 Å². The molecule has 0 spiro atoms. The molecule has 2 aromatic carbocycles. The summed E-state index contributed by atoms with van der Waals surface area (Å²) in [4.78, 5) is 19.8. The number of hydrogen-bond acceptors (Lipinski definition) is 4. The number of amides is 1. The summed E-state index contributed by atoms with van der Waals surface area (Å²) in [6.45, 7) is 0.767. The molecule has 2 heterocycles. The van der Waals surface area contributed by atoms with Crippen LogP contribution in [0.2, 0.25) is 0 Å². The van der Waals surface area contributed by atoms with Crippen molar-refractivity contribution < 1.29 is 9.53 Å². The quantitative estimate of drug-likeness (QED) is 0.599. The number of benzene rings is 2. The molecule has 0 N–H and O–H groups in total. The maximum absolute atomic E-state index is 13.0. The second-order valence-corrected chi connectivity index (χ2v) is 7.94. The second-order valence-electron chi connectivity index (χ2n) is 6.03. The van der Waals surface area contributed by atoms with E-state index in [4.69, 9.17) is 9.72 Å². The number of rotatable bonds is 3. The number of hydrogen-bond donors (Lipinski definition) is 0. The first-order valence-electron chi connectivity index (χ1n) is 8.17. The standard InChI is InChI=1S/C19H17BrN2O2S/c1-24-16-9-8-12(11-13(16)20)19(23)22-10-4-6-15(22)18-21-14-5-2-3-7-17(14)25-18/h2-3,5,7-9,11,15H,4,6,10H2,1H3. The Labute approximate surface area is 158 Å². The molecule has 128 valence electrons. The van der Waals surface area contributed by atoms with E-state index >= 15 is 0 Å². The molecule has 1 aliphatic rings. The van der Waals surface area contributed by atoms with Gasteiger partial charge in [0.1, 0.15) is 10.8 Å². The van der Waals surface area contributed by atoms with Gasteiger partial charge in [-0.25, -0.2) is 4.98 Å². The average Bonchev–Trinajstić information content (AvgIpc) is 3.27. The molecule has 1 fully saturated rings. The molecule has 1 aromatic heterocycles. The van der Waals surface area contributed by atoms with E-state index in [1.165, 1.54) is 4.70 Å². The maximum Gasteiger partial charge on any atom is 0.254 e. The van der Waals surface area contributed by atoms with E-state index in [0.717, 1.165) is 40.1 Å². The summed E-state index contributed by atoms with van der Waals surface area (Å²) in [5, 5.41) is 1.03. The third kappa shape index (κ3) is 3.04. The third-order valence-electron chi connectivity index (χ3n) is 4.51. The second kappa shape index (κ2) is 6.77. The number of likely N-dealkylation sites (tertiary alicyclic amines) is 1. The fourth-order valence-electron chi connectivity index (χ4n) is 3.26. The molecule has 4 nitrogen and oxygen atoms in total. The summed E-state index contributed by atoms with van der Waals surface area (Å²) in [6.07, 6.45) is 1.96. The molecule has 1 aliphatic heterocycles. The summed E-state index contributed by atoms with van der Waals surface area (Å²) in [5.74, 6) is 0.769. The monoisotopic (exact) mass is 416 g/mol. The Bertz CT molecular complexity index is 907. The summed E-state index contributed by atoms with van der Waals surface area (Å²) in [6, 6.07) is 13.7. The van der Waals surface area contributed by atoms with Gasteiger partial charge in [-0.1, -0.05) is 12.1 Å². The molecule has 25 heavy (non-hydrogen) atoms. The minimum atomic E-state index is 0.0464. The van der Waals surface area contributed by atoms with Crippen molar-refractivity contribution in [2.75, 3.05) is 13.7 Å². The zero-order chi connectivity index (χ0) is 17.4. The third-order valence-corrected chi connectivity index (χ3v) is 6.27. The lowest BCUT2D eigenvalue weighted by molar-refractivity contribution is 0.0735. The number of nitrogens with zero attached hydrogens (tertiary/aromatic N) is 2. The number of fused-ring (bicyclic) bond motifs is 1. The predicted octanol–water partition coefficient (Wildman–Crippen LogP) is 5.04. The van der Waals surface area contributed by atoms with Crippen LogP contribution in [0.15, 0.2) is 46.9 Å². The van der Waals surface area contributed by atoms with Crippen molar-refractivity contribution in [1.29, 1.82) is 0 Å². The molecule has 6 heteroatoms. The molecule has 1 unspecified atom stereocenters. The molecule has 0 aliphatic carbocycles. The molecule has 1 amide bonds. The van der Waals surface area contributed by atoms with E-state index in [1.807, 2.05) is 41.3 Å². The van der Waals surface area contributed by atoms with Crippen LogP contribution in [0.4, 0.5) is 0 Å². The number of aromatic nitrogens is 1. The summed E-state index contributed by atoms with van der Waals surface area (Å²) >= 11 is 5.15. The van der Waals surface area contributed by atoms with Crippen molar-refractivity contribution in [3.63, 3.8) is 0 Å². The van der Waals surface area contributed by atoms with Crippen LogP contribution in [-0.2, 0) is 0 Å². The number of para-hydroxylation sites is 1. The van der Waals surface area contributed by atoms with Crippen LogP contribution in [0.3, 0.4) is 0 Å². The Morgan fingerprint density at radius 1 is 1.32 bits per heavy atom. The molecular weight excluding hydrogens is 400 g/mol. The summed E-state index contributed by atoms with van der Waals surface area (Å²) < 4.78 is 7.21. The lowest BCUT2D eigenvalue weighted by atomic mass is 10.1. The van der Waals surface area contributed by atoms with E-state index < -0.39 is 0 Å². The highest BCUT2D eigenvalue weighted by Gasteiger charge is 2.33. The van der Waals surface area contributed by atoms with Crippen LogP contribution in [0, 0.1) is 0 Å². The van der Waals surface area contributed by atoms with E-state index in [1.54, 1.807) is 18.4 Å². The first-order chi connectivity index (χ1) is 12.2. The van der Waals surface area contributed by atoms with E-state index in [-0.39, 0.29) is 11.9 Å². The Kier molecular flexibility index (Phi) is 4.48. The van der Waals surface area contributed by atoms with E-state index in [2.05, 4.69) is 22.0 Å². The summed E-state index contributed by atoms with van der Waals surface area (Å²) in [7, 11) is 1.62. The van der Waals surface area contributed by atoms with Gasteiger partial charge in [0.15, 0.2) is 0 Å². The van der Waals surface area contributed by atoms with E-state index in [0.29, 0.717) is 5.56 Å². The van der Waals surface area contributed by atoms with Crippen molar-refractivity contribution in [3.8, 4) is 5.75 Å². The van der Waals surface area contributed by atoms with Gasteiger partial charge >= 0.3 is 0 Å². The number of ether oxygens (including phenoxy) is 1. The van der Waals surface area contributed by atoms with Crippen LogP contribution in [-0.4, -0.2) is 29.4 Å². The molecule has 0 bridgehead atoms. The highest BCUT2D eigenvalue weighted by molar-refractivity contribution is 9.10. The largest absolute Gasteiger partial charge is 0.496 e. The van der Waals surface area contributed by atoms with Crippen molar-refractivity contribution >= 4 is 43.4 Å². The number of carbonyl (C=O) groups is 1. The smallest absolute Gasteiger partial charge is 0.254 e. The Morgan fingerprint density at radius 2 is 2.16 bits per heavy atom. The van der Waals surface area contributed by atoms with Gasteiger partial charge in [-0.3, -0.25) is 4.79 Å². The van der Waals surface area contributed by atoms with E-state index in [9.17, 15) is 4.79 Å². The molecule has 1 atom stereocenters. The van der Waals surface area contributed by atoms with Crippen LogP contribution in [0.5, 0.6) is 5.75 Å². The number of carbonyl (C=O) groups excluding carboxylic acids is 1. The highest BCUT2D eigenvalue weighted by Crippen LogP contribution is 2.37. The Morgan fingerprint density at radius 3 is 2.92 bits per heavy atom. The van der Waals surface area contributed by atoms with Gasteiger partial charge in [0, 0.05) is 12.1 Å². The fourth-order valence-corrected chi connectivity index (χ4v) is 4.92. The van der Waals surface area contributed by atoms with Crippen molar-refractivity contribution in [3.05, 3.63) is 57.5 Å². The molecule has 0 saturated carbocycles. The minimum Gasteiger partial charge on any atom is -0.496 e. The molecule has 3 aromatic rings. The van der Waals surface area contributed by atoms with Gasteiger partial charge in [0.25, 0.3) is 5.91 Å². The van der Waals surface area contributed by atoms with Crippen LogP contribution >= 0.6 is 27.3 Å². The minimum absolute atomic E-state index is 0.0464. The average molecular weight is 417 g/mol. The lowest BCUT2D eigenvalue weighted by Gasteiger charge is -2.23. The Hall–Kier alpha value is -1.92. The van der Waals surface area contributed by atoms with Gasteiger partial charge in [-0.15, -0.1) is 11.3 Å². The van der Waals surface area contributed by atoms with Gasteiger partial charge in [-0.05, 0) is 59.1 Å². The number of methoxy groups -OCH3 is 1. The fraction of sp³-hybridized carbons (Fsp3) is 0.263. The molecule has 4 rings (SSSR count). The number of halogens is 1. The molecule has 0 radical (unpaired) electrons. The first-order valence-corrected chi connectivity index (χ1v) is 9.78. The van der Waals surface area contributed by atoms with Crippen molar-refractivity contribution in [2.45, 2.75) is 18.9 Å². The van der Waals surface area contributed by atoms with Crippen LogP contribution < -0.4 is 4.74 Å². The van der Waals surface area contributed by atoms with Gasteiger partial charge < -0.3 is 9.64 Å². The van der Waals surface area contributed by atoms with Gasteiger partial charge in [0.2, 0.25) is 0 Å². The Balaban J connectivity index is 1.64. The van der Waals surface area contributed by atoms with Gasteiger partial charge in [0.05, 0.1) is 27.8 Å². The zero-order valence-corrected chi connectivity index (χ0v) is 16.1. The van der Waals surface area contributed by atoms with Crippen molar-refractivity contribution in [2.24, 2.45) is 0 Å². The number of thiazole rings is 1. The van der Waals surface area contributed by atoms with Gasteiger partial charge in [-0.2, -0.15) is 0 Å².